The molecule has 38 heavy (non-hydrogen) atoms. The lowest BCUT2D eigenvalue weighted by atomic mass is 9.98. The molecule has 3 amide bonds. The molecule has 3 aromatic rings. The van der Waals surface area contributed by atoms with Crippen molar-refractivity contribution in [3.63, 3.8) is 0 Å². The molecule has 1 atom stereocenters. The van der Waals surface area contributed by atoms with Gasteiger partial charge in [-0.2, -0.15) is 0 Å². The zero-order valence-corrected chi connectivity index (χ0v) is 22.1. The van der Waals surface area contributed by atoms with Gasteiger partial charge in [-0.15, -0.1) is 11.8 Å². The van der Waals surface area contributed by atoms with E-state index in [1.165, 1.54) is 0 Å². The van der Waals surface area contributed by atoms with Crippen molar-refractivity contribution in [2.45, 2.75) is 43.2 Å². The predicted molar refractivity (Wildman–Crippen MR) is 151 cm³/mol. The Labute approximate surface area is 227 Å². The molecule has 8 nitrogen and oxygen atoms in total. The molecule has 0 saturated heterocycles. The molecule has 0 radical (unpaired) electrons. The number of aliphatic hydroxyl groups is 1. The van der Waals surface area contributed by atoms with E-state index in [4.69, 9.17) is 5.73 Å². The van der Waals surface area contributed by atoms with Gasteiger partial charge in [0.2, 0.25) is 11.8 Å². The molecule has 0 aliphatic carbocycles. The van der Waals surface area contributed by atoms with Gasteiger partial charge in [0.25, 0.3) is 5.91 Å². The van der Waals surface area contributed by atoms with Crippen molar-refractivity contribution in [1.82, 2.24) is 10.6 Å². The van der Waals surface area contributed by atoms with Crippen molar-refractivity contribution in [2.24, 2.45) is 5.73 Å². The number of aliphatic hydroxyl groups excluding tert-OH is 1. The Kier molecular flexibility index (Phi) is 9.75. The second-order valence-electron chi connectivity index (χ2n) is 9.28. The summed E-state index contributed by atoms with van der Waals surface area (Å²) in [5.74, 6) is 0.527. The van der Waals surface area contributed by atoms with Crippen LogP contribution in [-0.2, 0) is 16.0 Å². The standard InChI is InChI=1S/C29H34N4O4S/c30-26(34)12-15-32-29(37)23-19-21-7-2-1-6-20(21)18-22(23)11-14-31-27(35)10-5-16-33-24-8-3-4-9-25(24)38-17-13-28(33)36/h1-4,6-9,18-19,26,34H,5,10-17,30H2,(H,31,35)(H,32,37)/t26-/m0/s1. The Morgan fingerprint density at radius 2 is 1.76 bits per heavy atom. The maximum atomic E-state index is 12.9. The molecule has 5 N–H and O–H groups in total. The molecule has 4 rings (SSSR count). The smallest absolute Gasteiger partial charge is 0.251 e. The van der Waals surface area contributed by atoms with Crippen LogP contribution in [0.3, 0.4) is 0 Å². The van der Waals surface area contributed by atoms with Crippen LogP contribution in [0, 0.1) is 0 Å². The van der Waals surface area contributed by atoms with Crippen LogP contribution in [0.25, 0.3) is 10.8 Å². The number of nitrogens with one attached hydrogen (secondary N) is 2. The maximum absolute atomic E-state index is 12.9. The van der Waals surface area contributed by atoms with E-state index in [2.05, 4.69) is 10.6 Å². The van der Waals surface area contributed by atoms with E-state index >= 15 is 0 Å². The fraction of sp³-hybridized carbons (Fsp3) is 0.345. The summed E-state index contributed by atoms with van der Waals surface area (Å²) in [6.45, 7) is 1.15. The van der Waals surface area contributed by atoms with Crippen molar-refractivity contribution in [1.29, 1.82) is 0 Å². The minimum absolute atomic E-state index is 0.0846. The summed E-state index contributed by atoms with van der Waals surface area (Å²) in [4.78, 5) is 41.0. The van der Waals surface area contributed by atoms with Gasteiger partial charge in [0.15, 0.2) is 0 Å². The van der Waals surface area contributed by atoms with Crippen LogP contribution in [0.1, 0.15) is 41.6 Å². The van der Waals surface area contributed by atoms with E-state index in [0.29, 0.717) is 44.3 Å². The first-order valence-corrected chi connectivity index (χ1v) is 13.9. The number of benzene rings is 3. The van der Waals surface area contributed by atoms with Crippen LogP contribution in [0.4, 0.5) is 5.69 Å². The summed E-state index contributed by atoms with van der Waals surface area (Å²) in [7, 11) is 0. The van der Waals surface area contributed by atoms with E-state index in [-0.39, 0.29) is 30.7 Å². The number of amides is 3. The maximum Gasteiger partial charge on any atom is 0.251 e. The highest BCUT2D eigenvalue weighted by molar-refractivity contribution is 7.99. The predicted octanol–water partition coefficient (Wildman–Crippen LogP) is 3.20. The largest absolute Gasteiger partial charge is 0.379 e. The number of hydrogen-bond acceptors (Lipinski definition) is 6. The Hall–Kier alpha value is -3.40. The van der Waals surface area contributed by atoms with E-state index in [0.717, 1.165) is 32.7 Å². The molecule has 9 heteroatoms. The quantitative estimate of drug-likeness (QED) is 0.280. The first-order valence-electron chi connectivity index (χ1n) is 12.9. The van der Waals surface area contributed by atoms with E-state index in [1.54, 1.807) is 16.7 Å². The van der Waals surface area contributed by atoms with Crippen LogP contribution < -0.4 is 21.3 Å². The highest BCUT2D eigenvalue weighted by atomic mass is 32.2. The third kappa shape index (κ3) is 7.34. The third-order valence-electron chi connectivity index (χ3n) is 6.47. The Bertz CT molecular complexity index is 1300. The number of carbonyl (C=O) groups is 3. The number of rotatable bonds is 11. The summed E-state index contributed by atoms with van der Waals surface area (Å²) in [5.41, 5.74) is 7.67. The summed E-state index contributed by atoms with van der Waals surface area (Å²) in [6, 6.07) is 19.5. The number of hydrogen-bond donors (Lipinski definition) is 4. The van der Waals surface area contributed by atoms with Crippen LogP contribution >= 0.6 is 11.8 Å². The van der Waals surface area contributed by atoms with Crippen LogP contribution in [0.5, 0.6) is 0 Å². The van der Waals surface area contributed by atoms with E-state index in [9.17, 15) is 19.5 Å². The number of thioether (sulfide) groups is 1. The van der Waals surface area contributed by atoms with Crippen molar-refractivity contribution in [2.75, 3.05) is 30.3 Å². The lowest BCUT2D eigenvalue weighted by Gasteiger charge is -2.22. The molecule has 0 spiro atoms. The monoisotopic (exact) mass is 534 g/mol. The van der Waals surface area contributed by atoms with Gasteiger partial charge in [0.1, 0.15) is 6.23 Å². The van der Waals surface area contributed by atoms with Gasteiger partial charge >= 0.3 is 0 Å². The number of nitrogens with zero attached hydrogens (tertiary/aromatic N) is 1. The Balaban J connectivity index is 1.32. The zero-order valence-electron chi connectivity index (χ0n) is 21.3. The molecule has 0 saturated carbocycles. The number of anilines is 1. The average Bonchev–Trinajstić information content (AvgIpc) is 3.06. The lowest BCUT2D eigenvalue weighted by Crippen LogP contribution is -2.33. The highest BCUT2D eigenvalue weighted by Gasteiger charge is 2.22. The van der Waals surface area contributed by atoms with Gasteiger partial charge in [0.05, 0.1) is 5.69 Å². The van der Waals surface area contributed by atoms with E-state index in [1.807, 2.05) is 60.7 Å². The molecule has 1 aliphatic rings. The van der Waals surface area contributed by atoms with Crippen LogP contribution in [0.2, 0.25) is 0 Å². The van der Waals surface area contributed by atoms with Crippen molar-refractivity contribution in [3.8, 4) is 0 Å². The minimum atomic E-state index is -0.979. The summed E-state index contributed by atoms with van der Waals surface area (Å²) in [6.07, 6.45) is 1.14. The molecule has 1 aliphatic heterocycles. The topological polar surface area (TPSA) is 125 Å². The summed E-state index contributed by atoms with van der Waals surface area (Å²) >= 11 is 1.69. The number of fused-ring (bicyclic) bond motifs is 2. The first-order chi connectivity index (χ1) is 18.4. The molecule has 200 valence electrons. The van der Waals surface area contributed by atoms with Gasteiger partial charge in [-0.3, -0.25) is 14.4 Å². The summed E-state index contributed by atoms with van der Waals surface area (Å²) < 4.78 is 0. The van der Waals surface area contributed by atoms with Gasteiger partial charge in [0, 0.05) is 55.1 Å². The molecular weight excluding hydrogens is 500 g/mol. The number of para-hydroxylation sites is 1. The van der Waals surface area contributed by atoms with Crippen molar-refractivity contribution >= 4 is 45.9 Å². The van der Waals surface area contributed by atoms with Gasteiger partial charge in [-0.05, 0) is 47.4 Å². The Morgan fingerprint density at radius 1 is 1.03 bits per heavy atom. The molecule has 3 aromatic carbocycles. The lowest BCUT2D eigenvalue weighted by molar-refractivity contribution is -0.121. The first kappa shape index (κ1) is 27.6. The molecule has 0 aromatic heterocycles. The fourth-order valence-electron chi connectivity index (χ4n) is 4.52. The van der Waals surface area contributed by atoms with Crippen LogP contribution in [0.15, 0.2) is 65.6 Å². The molecule has 1 heterocycles. The summed E-state index contributed by atoms with van der Waals surface area (Å²) in [5, 5.41) is 17.0. The minimum Gasteiger partial charge on any atom is -0.379 e. The van der Waals surface area contributed by atoms with Gasteiger partial charge in [-0.25, -0.2) is 0 Å². The molecule has 0 unspecified atom stereocenters. The van der Waals surface area contributed by atoms with Crippen molar-refractivity contribution < 1.29 is 19.5 Å². The SMILES string of the molecule is N[C@@H](O)CCNC(=O)c1cc2ccccc2cc1CCNC(=O)CCCN1C(=O)CCSc2ccccc21. The molecule has 0 fully saturated rings. The normalized spacial score (nSPS) is 14.1. The zero-order chi connectivity index (χ0) is 26.9. The molecule has 0 bridgehead atoms. The second kappa shape index (κ2) is 13.4. The van der Waals surface area contributed by atoms with Crippen molar-refractivity contribution in [3.05, 3.63) is 71.8 Å². The fourth-order valence-corrected chi connectivity index (χ4v) is 5.52. The Morgan fingerprint density at radius 3 is 2.55 bits per heavy atom. The number of carbonyl (C=O) groups excluding carboxylic acids is 3. The van der Waals surface area contributed by atoms with E-state index < -0.39 is 6.23 Å². The number of nitrogens with two attached hydrogens (primary N) is 1. The highest BCUT2D eigenvalue weighted by Crippen LogP contribution is 2.34. The average molecular weight is 535 g/mol. The molecular formula is C29H34N4O4S. The second-order valence-corrected chi connectivity index (χ2v) is 10.4. The third-order valence-corrected chi connectivity index (χ3v) is 7.54. The van der Waals surface area contributed by atoms with Gasteiger partial charge < -0.3 is 26.4 Å². The van der Waals surface area contributed by atoms with Gasteiger partial charge in [-0.1, -0.05) is 42.5 Å². The van der Waals surface area contributed by atoms with Crippen LogP contribution in [-0.4, -0.2) is 54.4 Å².